The molecule has 1 N–H and O–H groups in total. The second kappa shape index (κ2) is 4.93. The van der Waals surface area contributed by atoms with Gasteiger partial charge in [-0.1, -0.05) is 6.92 Å². The van der Waals surface area contributed by atoms with Crippen LogP contribution in [0.1, 0.15) is 46.5 Å². The maximum atomic E-state index is 13.4. The molecule has 1 heterocycles. The SMILES string of the molecule is CCNC(C)(C)c1nc2cc(F)ccc2n1C(C)C. The molecule has 0 radical (unpaired) electrons. The van der Waals surface area contributed by atoms with Crippen molar-refractivity contribution in [2.45, 2.75) is 46.2 Å². The Kier molecular flexibility index (Phi) is 3.63. The second-order valence-electron chi connectivity index (χ2n) is 5.69. The summed E-state index contributed by atoms with van der Waals surface area (Å²) in [7, 11) is 0. The fourth-order valence-electron chi connectivity index (χ4n) is 2.56. The molecule has 0 unspecified atom stereocenters. The third-order valence-electron chi connectivity index (χ3n) is 3.35. The molecule has 0 aliphatic rings. The number of hydrogen-bond donors (Lipinski definition) is 1. The van der Waals surface area contributed by atoms with Crippen molar-refractivity contribution < 1.29 is 4.39 Å². The quantitative estimate of drug-likeness (QED) is 0.913. The van der Waals surface area contributed by atoms with Crippen LogP contribution in [-0.4, -0.2) is 16.1 Å². The number of rotatable bonds is 4. The summed E-state index contributed by atoms with van der Waals surface area (Å²) in [6, 6.07) is 5.08. The number of halogens is 1. The van der Waals surface area contributed by atoms with Crippen LogP contribution in [0, 0.1) is 5.82 Å². The van der Waals surface area contributed by atoms with Gasteiger partial charge in [0, 0.05) is 12.1 Å². The number of fused-ring (bicyclic) bond motifs is 1. The van der Waals surface area contributed by atoms with Gasteiger partial charge in [0.1, 0.15) is 11.6 Å². The molecule has 4 heteroatoms. The van der Waals surface area contributed by atoms with E-state index < -0.39 is 0 Å². The van der Waals surface area contributed by atoms with Crippen molar-refractivity contribution in [1.82, 2.24) is 14.9 Å². The van der Waals surface area contributed by atoms with Crippen LogP contribution in [0.5, 0.6) is 0 Å². The molecular formula is C15H22FN3. The van der Waals surface area contributed by atoms with Gasteiger partial charge < -0.3 is 9.88 Å². The summed E-state index contributed by atoms with van der Waals surface area (Å²) in [5.41, 5.74) is 1.46. The molecule has 0 fully saturated rings. The zero-order valence-corrected chi connectivity index (χ0v) is 12.3. The smallest absolute Gasteiger partial charge is 0.129 e. The van der Waals surface area contributed by atoms with Crippen LogP contribution in [0.3, 0.4) is 0 Å². The van der Waals surface area contributed by atoms with E-state index in [-0.39, 0.29) is 17.4 Å². The first-order chi connectivity index (χ1) is 8.86. The summed E-state index contributed by atoms with van der Waals surface area (Å²) in [6.45, 7) is 11.4. The Balaban J connectivity index is 2.69. The van der Waals surface area contributed by atoms with Crippen LogP contribution >= 0.6 is 0 Å². The van der Waals surface area contributed by atoms with E-state index in [0.29, 0.717) is 0 Å². The molecule has 3 nitrogen and oxygen atoms in total. The number of benzene rings is 1. The Hall–Kier alpha value is -1.42. The molecule has 104 valence electrons. The van der Waals surface area contributed by atoms with Crippen LogP contribution in [-0.2, 0) is 5.54 Å². The van der Waals surface area contributed by atoms with Crippen LogP contribution in [0.4, 0.5) is 4.39 Å². The fourth-order valence-corrected chi connectivity index (χ4v) is 2.56. The van der Waals surface area contributed by atoms with Gasteiger partial charge >= 0.3 is 0 Å². The van der Waals surface area contributed by atoms with E-state index in [1.165, 1.54) is 12.1 Å². The lowest BCUT2D eigenvalue weighted by molar-refractivity contribution is 0.367. The van der Waals surface area contributed by atoms with Gasteiger partial charge in [-0.2, -0.15) is 0 Å². The van der Waals surface area contributed by atoms with Crippen molar-refractivity contribution >= 4 is 11.0 Å². The van der Waals surface area contributed by atoms with Gasteiger partial charge in [-0.15, -0.1) is 0 Å². The summed E-state index contributed by atoms with van der Waals surface area (Å²) >= 11 is 0. The number of hydrogen-bond acceptors (Lipinski definition) is 2. The van der Waals surface area contributed by atoms with E-state index in [0.717, 1.165) is 23.4 Å². The fraction of sp³-hybridized carbons (Fsp3) is 0.533. The highest BCUT2D eigenvalue weighted by molar-refractivity contribution is 5.76. The highest BCUT2D eigenvalue weighted by Crippen LogP contribution is 2.28. The van der Waals surface area contributed by atoms with E-state index in [1.807, 2.05) is 6.07 Å². The normalized spacial score (nSPS) is 12.6. The van der Waals surface area contributed by atoms with Gasteiger partial charge in [-0.3, -0.25) is 0 Å². The summed E-state index contributed by atoms with van der Waals surface area (Å²) in [4.78, 5) is 4.65. The van der Waals surface area contributed by atoms with Gasteiger partial charge in [0.2, 0.25) is 0 Å². The van der Waals surface area contributed by atoms with Crippen molar-refractivity contribution in [3.63, 3.8) is 0 Å². The minimum absolute atomic E-state index is 0.242. The third kappa shape index (κ3) is 2.50. The maximum absolute atomic E-state index is 13.4. The zero-order valence-electron chi connectivity index (χ0n) is 12.3. The van der Waals surface area contributed by atoms with E-state index in [9.17, 15) is 4.39 Å². The van der Waals surface area contributed by atoms with E-state index in [4.69, 9.17) is 0 Å². The monoisotopic (exact) mass is 263 g/mol. The van der Waals surface area contributed by atoms with Crippen LogP contribution in [0.25, 0.3) is 11.0 Å². The first kappa shape index (κ1) is 14.0. The highest BCUT2D eigenvalue weighted by Gasteiger charge is 2.27. The molecule has 0 aliphatic carbocycles. The Bertz CT molecular complexity index is 584. The number of imidazole rings is 1. The third-order valence-corrected chi connectivity index (χ3v) is 3.35. The molecule has 0 saturated heterocycles. The molecule has 2 rings (SSSR count). The lowest BCUT2D eigenvalue weighted by atomic mass is 10.0. The molecular weight excluding hydrogens is 241 g/mol. The minimum Gasteiger partial charge on any atom is -0.324 e. The van der Waals surface area contributed by atoms with Gasteiger partial charge in [0.25, 0.3) is 0 Å². The molecule has 0 atom stereocenters. The standard InChI is InChI=1S/C15H22FN3/c1-6-17-15(4,5)14-18-12-9-11(16)7-8-13(12)19(14)10(2)3/h7-10,17H,6H2,1-5H3. The lowest BCUT2D eigenvalue weighted by Crippen LogP contribution is -2.39. The predicted molar refractivity (Wildman–Crippen MR) is 76.8 cm³/mol. The molecule has 0 spiro atoms. The van der Waals surface area contributed by atoms with E-state index in [2.05, 4.69) is 49.5 Å². The molecule has 0 amide bonds. The average Bonchev–Trinajstić information content (AvgIpc) is 2.67. The zero-order chi connectivity index (χ0) is 14.2. The van der Waals surface area contributed by atoms with Crippen molar-refractivity contribution in [1.29, 1.82) is 0 Å². The molecule has 19 heavy (non-hydrogen) atoms. The average molecular weight is 263 g/mol. The maximum Gasteiger partial charge on any atom is 0.129 e. The summed E-state index contributed by atoms with van der Waals surface area (Å²) < 4.78 is 15.5. The van der Waals surface area contributed by atoms with E-state index in [1.54, 1.807) is 0 Å². The second-order valence-corrected chi connectivity index (χ2v) is 5.69. The largest absolute Gasteiger partial charge is 0.324 e. The first-order valence-electron chi connectivity index (χ1n) is 6.80. The van der Waals surface area contributed by atoms with Gasteiger partial charge in [0.05, 0.1) is 16.6 Å². The molecule has 1 aromatic carbocycles. The Morgan fingerprint density at radius 1 is 1.37 bits per heavy atom. The first-order valence-corrected chi connectivity index (χ1v) is 6.80. The molecule has 0 aliphatic heterocycles. The Labute approximate surface area is 113 Å². The van der Waals surface area contributed by atoms with Crippen molar-refractivity contribution in [2.24, 2.45) is 0 Å². The van der Waals surface area contributed by atoms with Crippen LogP contribution in [0.15, 0.2) is 18.2 Å². The van der Waals surface area contributed by atoms with Gasteiger partial charge in [-0.25, -0.2) is 9.37 Å². The van der Waals surface area contributed by atoms with Crippen molar-refractivity contribution in [3.05, 3.63) is 29.8 Å². The van der Waals surface area contributed by atoms with Crippen LogP contribution < -0.4 is 5.32 Å². The molecule has 1 aromatic heterocycles. The summed E-state index contributed by atoms with van der Waals surface area (Å²) in [5, 5.41) is 3.43. The van der Waals surface area contributed by atoms with Gasteiger partial charge in [0.15, 0.2) is 0 Å². The molecule has 2 aromatic rings. The Morgan fingerprint density at radius 2 is 2.05 bits per heavy atom. The van der Waals surface area contributed by atoms with Crippen molar-refractivity contribution in [3.8, 4) is 0 Å². The Morgan fingerprint density at radius 3 is 2.63 bits per heavy atom. The molecule has 0 bridgehead atoms. The highest BCUT2D eigenvalue weighted by atomic mass is 19.1. The van der Waals surface area contributed by atoms with E-state index >= 15 is 0 Å². The van der Waals surface area contributed by atoms with Crippen molar-refractivity contribution in [2.75, 3.05) is 6.54 Å². The number of aromatic nitrogens is 2. The summed E-state index contributed by atoms with van der Waals surface area (Å²) in [5.74, 6) is 0.707. The number of nitrogens with one attached hydrogen (secondary N) is 1. The number of nitrogens with zero attached hydrogens (tertiary/aromatic N) is 2. The predicted octanol–water partition coefficient (Wildman–Crippen LogP) is 3.60. The topological polar surface area (TPSA) is 29.9 Å². The van der Waals surface area contributed by atoms with Crippen LogP contribution in [0.2, 0.25) is 0 Å². The minimum atomic E-state index is -0.242. The lowest BCUT2D eigenvalue weighted by Gasteiger charge is -2.27. The molecule has 0 saturated carbocycles. The van der Waals surface area contributed by atoms with Gasteiger partial charge in [-0.05, 0) is 46.4 Å². The summed E-state index contributed by atoms with van der Waals surface area (Å²) in [6.07, 6.45) is 0.